The molecule has 0 aliphatic heterocycles. The fourth-order valence-corrected chi connectivity index (χ4v) is 3.09. The Balaban J connectivity index is 1.71. The summed E-state index contributed by atoms with van der Waals surface area (Å²) in [5.41, 5.74) is 5.62. The van der Waals surface area contributed by atoms with Crippen molar-refractivity contribution in [2.45, 2.75) is 51.9 Å². The van der Waals surface area contributed by atoms with Crippen LogP contribution in [0.3, 0.4) is 0 Å². The van der Waals surface area contributed by atoms with Gasteiger partial charge in [0.15, 0.2) is 0 Å². The molecule has 4 nitrogen and oxygen atoms in total. The van der Waals surface area contributed by atoms with Gasteiger partial charge in [-0.25, -0.2) is 0 Å². The minimum absolute atomic E-state index is 0.0361. The Morgan fingerprint density at radius 3 is 2.36 bits per heavy atom. The van der Waals surface area contributed by atoms with Crippen LogP contribution in [0.4, 0.5) is 0 Å². The second kappa shape index (κ2) is 8.57. The Hall–Kier alpha value is -1.84. The lowest BCUT2D eigenvalue weighted by molar-refractivity contribution is -0.127. The zero-order chi connectivity index (χ0) is 15.8. The van der Waals surface area contributed by atoms with E-state index < -0.39 is 0 Å². The van der Waals surface area contributed by atoms with Crippen molar-refractivity contribution < 1.29 is 9.59 Å². The summed E-state index contributed by atoms with van der Waals surface area (Å²) in [5.74, 6) is 0.487. The van der Waals surface area contributed by atoms with Gasteiger partial charge >= 0.3 is 0 Å². The van der Waals surface area contributed by atoms with Crippen molar-refractivity contribution in [2.75, 3.05) is 0 Å². The minimum Gasteiger partial charge on any atom is -0.273 e. The topological polar surface area (TPSA) is 58.2 Å². The first-order valence-electron chi connectivity index (χ1n) is 8.36. The standard InChI is InChI=1S/C18H26N2O2/c1-2-3-7-14-10-12-16(13-11-14)18(22)20-19-17(21)15-8-5-4-6-9-15/h4-6,8-9,14,16H,2-3,7,10-13H2,1H3,(H,19,21)(H,20,22). The lowest BCUT2D eigenvalue weighted by atomic mass is 9.79. The number of hydrogen-bond donors (Lipinski definition) is 2. The van der Waals surface area contributed by atoms with Crippen LogP contribution in [0.2, 0.25) is 0 Å². The SMILES string of the molecule is CCCCC1CCC(C(=O)NNC(=O)c2ccccc2)CC1. The Kier molecular flexibility index (Phi) is 6.44. The van der Waals surface area contributed by atoms with Crippen LogP contribution in [0.5, 0.6) is 0 Å². The molecule has 4 heteroatoms. The highest BCUT2D eigenvalue weighted by Gasteiger charge is 2.26. The van der Waals surface area contributed by atoms with Crippen molar-refractivity contribution in [1.29, 1.82) is 0 Å². The molecule has 0 atom stereocenters. The van der Waals surface area contributed by atoms with Crippen LogP contribution in [0.15, 0.2) is 30.3 Å². The van der Waals surface area contributed by atoms with E-state index in [4.69, 9.17) is 0 Å². The molecular weight excluding hydrogens is 276 g/mol. The summed E-state index contributed by atoms with van der Waals surface area (Å²) in [6.45, 7) is 2.22. The van der Waals surface area contributed by atoms with E-state index in [1.54, 1.807) is 24.3 Å². The quantitative estimate of drug-likeness (QED) is 0.819. The molecule has 1 aliphatic carbocycles. The van der Waals surface area contributed by atoms with E-state index in [-0.39, 0.29) is 17.7 Å². The summed E-state index contributed by atoms with van der Waals surface area (Å²) >= 11 is 0. The summed E-state index contributed by atoms with van der Waals surface area (Å²) in [4.78, 5) is 24.0. The maximum absolute atomic E-state index is 12.1. The molecule has 0 unspecified atom stereocenters. The predicted octanol–water partition coefficient (Wildman–Crippen LogP) is 3.44. The summed E-state index contributed by atoms with van der Waals surface area (Å²) in [6.07, 6.45) is 7.94. The number of nitrogens with one attached hydrogen (secondary N) is 2. The summed E-state index contributed by atoms with van der Waals surface area (Å²) in [6, 6.07) is 8.90. The number of hydrogen-bond acceptors (Lipinski definition) is 2. The lowest BCUT2D eigenvalue weighted by Gasteiger charge is -2.27. The molecule has 1 fully saturated rings. The molecule has 0 heterocycles. The zero-order valence-corrected chi connectivity index (χ0v) is 13.3. The Bertz CT molecular complexity index is 479. The average molecular weight is 302 g/mol. The van der Waals surface area contributed by atoms with Gasteiger partial charge in [-0.3, -0.25) is 20.4 Å². The second-order valence-corrected chi connectivity index (χ2v) is 6.17. The summed E-state index contributed by atoms with van der Waals surface area (Å²) in [5, 5.41) is 0. The van der Waals surface area contributed by atoms with Crippen LogP contribution >= 0.6 is 0 Å². The normalized spacial score (nSPS) is 21.1. The highest BCUT2D eigenvalue weighted by molar-refractivity contribution is 5.95. The lowest BCUT2D eigenvalue weighted by Crippen LogP contribution is -2.45. The average Bonchev–Trinajstić information content (AvgIpc) is 2.58. The molecule has 0 saturated heterocycles. The molecule has 0 spiro atoms. The van der Waals surface area contributed by atoms with Crippen LogP contribution in [0, 0.1) is 11.8 Å². The van der Waals surface area contributed by atoms with Gasteiger partial charge in [-0.2, -0.15) is 0 Å². The molecule has 0 aromatic heterocycles. The Morgan fingerprint density at radius 2 is 1.73 bits per heavy atom. The number of carbonyl (C=O) groups is 2. The van der Waals surface area contributed by atoms with Gasteiger partial charge in [0.05, 0.1) is 0 Å². The van der Waals surface area contributed by atoms with Crippen molar-refractivity contribution in [1.82, 2.24) is 10.9 Å². The molecule has 2 amide bonds. The van der Waals surface area contributed by atoms with E-state index in [0.29, 0.717) is 5.56 Å². The van der Waals surface area contributed by atoms with Crippen molar-refractivity contribution in [3.63, 3.8) is 0 Å². The number of benzene rings is 1. The number of rotatable bonds is 5. The number of unbranched alkanes of at least 4 members (excludes halogenated alkanes) is 1. The van der Waals surface area contributed by atoms with Crippen molar-refractivity contribution in [3.05, 3.63) is 35.9 Å². The number of amides is 2. The third-order valence-corrected chi connectivity index (χ3v) is 4.52. The van der Waals surface area contributed by atoms with E-state index in [2.05, 4.69) is 17.8 Å². The third-order valence-electron chi connectivity index (χ3n) is 4.52. The number of hydrazine groups is 1. The van der Waals surface area contributed by atoms with Gasteiger partial charge < -0.3 is 0 Å². The Morgan fingerprint density at radius 1 is 1.05 bits per heavy atom. The second-order valence-electron chi connectivity index (χ2n) is 6.17. The molecule has 2 rings (SSSR count). The molecule has 22 heavy (non-hydrogen) atoms. The van der Waals surface area contributed by atoms with Gasteiger partial charge in [-0.15, -0.1) is 0 Å². The number of carbonyl (C=O) groups excluding carboxylic acids is 2. The van der Waals surface area contributed by atoms with Crippen molar-refractivity contribution in [3.8, 4) is 0 Å². The molecule has 1 aromatic rings. The maximum atomic E-state index is 12.1. The highest BCUT2D eigenvalue weighted by Crippen LogP contribution is 2.31. The van der Waals surface area contributed by atoms with Gasteiger partial charge in [0.1, 0.15) is 0 Å². The van der Waals surface area contributed by atoms with Crippen LogP contribution in [-0.2, 0) is 4.79 Å². The molecular formula is C18H26N2O2. The van der Waals surface area contributed by atoms with E-state index in [1.807, 2.05) is 6.07 Å². The van der Waals surface area contributed by atoms with Crippen LogP contribution in [-0.4, -0.2) is 11.8 Å². The first-order chi connectivity index (χ1) is 10.7. The first kappa shape index (κ1) is 16.5. The molecule has 0 bridgehead atoms. The first-order valence-corrected chi connectivity index (χ1v) is 8.36. The molecule has 120 valence electrons. The fourth-order valence-electron chi connectivity index (χ4n) is 3.09. The van der Waals surface area contributed by atoms with Crippen LogP contribution in [0.25, 0.3) is 0 Å². The van der Waals surface area contributed by atoms with Gasteiger partial charge in [0, 0.05) is 11.5 Å². The fraction of sp³-hybridized carbons (Fsp3) is 0.556. The van der Waals surface area contributed by atoms with Gasteiger partial charge in [-0.05, 0) is 43.7 Å². The monoisotopic (exact) mass is 302 g/mol. The maximum Gasteiger partial charge on any atom is 0.269 e. The Labute approximate surface area is 132 Å². The van der Waals surface area contributed by atoms with Crippen LogP contribution in [0.1, 0.15) is 62.2 Å². The van der Waals surface area contributed by atoms with Crippen molar-refractivity contribution >= 4 is 11.8 Å². The predicted molar refractivity (Wildman–Crippen MR) is 87.0 cm³/mol. The largest absolute Gasteiger partial charge is 0.273 e. The van der Waals surface area contributed by atoms with Gasteiger partial charge in [0.2, 0.25) is 5.91 Å². The molecule has 1 aromatic carbocycles. The van der Waals surface area contributed by atoms with Crippen LogP contribution < -0.4 is 10.9 Å². The molecule has 1 aliphatic rings. The minimum atomic E-state index is -0.273. The molecule has 2 N–H and O–H groups in total. The summed E-state index contributed by atoms with van der Waals surface area (Å²) < 4.78 is 0. The third kappa shape index (κ3) is 4.86. The van der Waals surface area contributed by atoms with Gasteiger partial charge in [-0.1, -0.05) is 44.4 Å². The highest BCUT2D eigenvalue weighted by atomic mass is 16.2. The van der Waals surface area contributed by atoms with E-state index in [0.717, 1.165) is 31.6 Å². The molecule has 0 radical (unpaired) electrons. The van der Waals surface area contributed by atoms with E-state index >= 15 is 0 Å². The van der Waals surface area contributed by atoms with Gasteiger partial charge in [0.25, 0.3) is 5.91 Å². The van der Waals surface area contributed by atoms with E-state index in [1.165, 1.54) is 19.3 Å². The summed E-state index contributed by atoms with van der Waals surface area (Å²) in [7, 11) is 0. The smallest absolute Gasteiger partial charge is 0.269 e. The van der Waals surface area contributed by atoms with Crippen molar-refractivity contribution in [2.24, 2.45) is 11.8 Å². The van der Waals surface area contributed by atoms with E-state index in [9.17, 15) is 9.59 Å². The molecule has 1 saturated carbocycles. The zero-order valence-electron chi connectivity index (χ0n) is 13.3.